The smallest absolute Gasteiger partial charge is 0.237 e. The molecule has 2 rings (SSSR count). The number of nitrogens with two attached hydrogens (primary N) is 2. The molecule has 28 heavy (non-hydrogen) atoms. The molecule has 1 unspecified atom stereocenters. The molecule has 5 N–H and O–H groups in total. The van der Waals surface area contributed by atoms with Crippen molar-refractivity contribution in [1.29, 1.82) is 0 Å². The summed E-state index contributed by atoms with van der Waals surface area (Å²) in [5.74, 6) is 0.444. The van der Waals surface area contributed by atoms with Gasteiger partial charge < -0.3 is 21.5 Å². The van der Waals surface area contributed by atoms with E-state index in [-0.39, 0.29) is 17.7 Å². The van der Waals surface area contributed by atoms with E-state index >= 15 is 0 Å². The molecule has 0 aliphatic carbocycles. The quantitative estimate of drug-likeness (QED) is 0.585. The van der Waals surface area contributed by atoms with Crippen molar-refractivity contribution in [3.63, 3.8) is 0 Å². The molecular weight excluding hydrogens is 354 g/mol. The Hall–Kier alpha value is -2.86. The Morgan fingerprint density at radius 3 is 2.14 bits per heavy atom. The molecule has 0 aliphatic heterocycles. The van der Waals surface area contributed by atoms with Crippen LogP contribution in [0.3, 0.4) is 0 Å². The molecule has 150 valence electrons. The second-order valence-corrected chi connectivity index (χ2v) is 7.09. The minimum Gasteiger partial charge on any atom is -0.497 e. The Morgan fingerprint density at radius 2 is 1.61 bits per heavy atom. The monoisotopic (exact) mass is 383 g/mol. The average molecular weight is 383 g/mol. The van der Waals surface area contributed by atoms with E-state index in [0.717, 1.165) is 22.4 Å². The third-order valence-corrected chi connectivity index (χ3v) is 4.66. The first kappa shape index (κ1) is 21.4. The molecule has 0 saturated carbocycles. The van der Waals surface area contributed by atoms with E-state index in [4.69, 9.17) is 16.2 Å². The molecule has 0 aromatic heterocycles. The predicted molar refractivity (Wildman–Crippen MR) is 111 cm³/mol. The van der Waals surface area contributed by atoms with Gasteiger partial charge in [-0.3, -0.25) is 9.59 Å². The molecule has 2 aromatic carbocycles. The SMILES string of the molecule is COc1ccc(-c2ccc(C[C@H](N)C(=O)NCCC(C)CC(N)=O)cc2)cc1. The van der Waals surface area contributed by atoms with Crippen LogP contribution in [0.2, 0.25) is 0 Å². The molecule has 2 amide bonds. The van der Waals surface area contributed by atoms with Crippen LogP contribution in [0.15, 0.2) is 48.5 Å². The Labute approximate surface area is 166 Å². The fraction of sp³-hybridized carbons (Fsp3) is 0.364. The summed E-state index contributed by atoms with van der Waals surface area (Å²) in [4.78, 5) is 23.0. The van der Waals surface area contributed by atoms with Gasteiger partial charge in [0.05, 0.1) is 13.2 Å². The van der Waals surface area contributed by atoms with E-state index in [1.54, 1.807) is 7.11 Å². The van der Waals surface area contributed by atoms with Crippen molar-refractivity contribution in [3.05, 3.63) is 54.1 Å². The molecule has 0 bridgehead atoms. The molecule has 0 saturated heterocycles. The van der Waals surface area contributed by atoms with Gasteiger partial charge in [-0.25, -0.2) is 0 Å². The Kier molecular flexibility index (Phi) is 8.02. The topological polar surface area (TPSA) is 107 Å². The Bertz CT molecular complexity index is 773. The van der Waals surface area contributed by atoms with Gasteiger partial charge in [-0.2, -0.15) is 0 Å². The molecule has 0 aliphatic rings. The molecule has 0 radical (unpaired) electrons. The minimum absolute atomic E-state index is 0.138. The lowest BCUT2D eigenvalue weighted by Crippen LogP contribution is -2.42. The molecule has 0 fully saturated rings. The fourth-order valence-electron chi connectivity index (χ4n) is 2.98. The van der Waals surface area contributed by atoms with Crippen molar-refractivity contribution in [2.75, 3.05) is 13.7 Å². The van der Waals surface area contributed by atoms with E-state index < -0.39 is 6.04 Å². The number of carbonyl (C=O) groups is 2. The minimum atomic E-state index is -0.613. The third-order valence-electron chi connectivity index (χ3n) is 4.66. The largest absolute Gasteiger partial charge is 0.497 e. The van der Waals surface area contributed by atoms with E-state index in [9.17, 15) is 9.59 Å². The zero-order chi connectivity index (χ0) is 20.5. The first-order valence-electron chi connectivity index (χ1n) is 9.44. The van der Waals surface area contributed by atoms with Crippen LogP contribution in [0.4, 0.5) is 0 Å². The number of carbonyl (C=O) groups excluding carboxylic acids is 2. The van der Waals surface area contributed by atoms with Crippen molar-refractivity contribution in [2.24, 2.45) is 17.4 Å². The van der Waals surface area contributed by atoms with Crippen LogP contribution in [-0.4, -0.2) is 31.5 Å². The summed E-state index contributed by atoms with van der Waals surface area (Å²) in [6, 6.07) is 15.3. The van der Waals surface area contributed by atoms with Crippen molar-refractivity contribution in [2.45, 2.75) is 32.2 Å². The highest BCUT2D eigenvalue weighted by atomic mass is 16.5. The van der Waals surface area contributed by atoms with Crippen LogP contribution in [0.25, 0.3) is 11.1 Å². The first-order valence-corrected chi connectivity index (χ1v) is 9.44. The maximum absolute atomic E-state index is 12.2. The number of primary amides is 1. The molecule has 2 aromatic rings. The van der Waals surface area contributed by atoms with Crippen LogP contribution in [0.5, 0.6) is 5.75 Å². The maximum Gasteiger partial charge on any atom is 0.237 e. The van der Waals surface area contributed by atoms with E-state index in [1.807, 2.05) is 55.5 Å². The third kappa shape index (κ3) is 6.70. The van der Waals surface area contributed by atoms with Gasteiger partial charge in [-0.05, 0) is 47.6 Å². The number of hydrogen-bond donors (Lipinski definition) is 3. The predicted octanol–water partition coefficient (Wildman–Crippen LogP) is 2.25. The molecule has 2 atom stereocenters. The maximum atomic E-state index is 12.2. The van der Waals surface area contributed by atoms with Gasteiger partial charge in [0.2, 0.25) is 11.8 Å². The van der Waals surface area contributed by atoms with Crippen LogP contribution < -0.4 is 21.5 Å². The van der Waals surface area contributed by atoms with Gasteiger partial charge in [-0.1, -0.05) is 43.3 Å². The van der Waals surface area contributed by atoms with E-state index in [1.165, 1.54) is 0 Å². The van der Waals surface area contributed by atoms with Crippen molar-refractivity contribution >= 4 is 11.8 Å². The lowest BCUT2D eigenvalue weighted by atomic mass is 10.0. The van der Waals surface area contributed by atoms with E-state index in [2.05, 4.69) is 5.32 Å². The van der Waals surface area contributed by atoms with Crippen molar-refractivity contribution in [3.8, 4) is 16.9 Å². The second kappa shape index (κ2) is 10.5. The number of rotatable bonds is 10. The van der Waals surface area contributed by atoms with Crippen LogP contribution in [0, 0.1) is 5.92 Å². The number of hydrogen-bond acceptors (Lipinski definition) is 4. The summed E-state index contributed by atoms with van der Waals surface area (Å²) in [7, 11) is 1.64. The highest BCUT2D eigenvalue weighted by Crippen LogP contribution is 2.23. The van der Waals surface area contributed by atoms with Gasteiger partial charge in [0.15, 0.2) is 0 Å². The van der Waals surface area contributed by atoms with Gasteiger partial charge in [0, 0.05) is 13.0 Å². The highest BCUT2D eigenvalue weighted by molar-refractivity contribution is 5.81. The Morgan fingerprint density at radius 1 is 1.04 bits per heavy atom. The summed E-state index contributed by atoms with van der Waals surface area (Å²) in [6.45, 7) is 2.42. The lowest BCUT2D eigenvalue weighted by Gasteiger charge is -2.14. The van der Waals surface area contributed by atoms with Gasteiger partial charge in [0.25, 0.3) is 0 Å². The summed E-state index contributed by atoms with van der Waals surface area (Å²) >= 11 is 0. The zero-order valence-corrected chi connectivity index (χ0v) is 16.5. The summed E-state index contributed by atoms with van der Waals surface area (Å²) in [5.41, 5.74) is 14.4. The number of nitrogens with one attached hydrogen (secondary N) is 1. The normalized spacial score (nSPS) is 12.8. The number of methoxy groups -OCH3 is 1. The molecule has 0 heterocycles. The fourth-order valence-corrected chi connectivity index (χ4v) is 2.98. The zero-order valence-electron chi connectivity index (χ0n) is 16.5. The second-order valence-electron chi connectivity index (χ2n) is 7.09. The molecular formula is C22H29N3O3. The van der Waals surface area contributed by atoms with Gasteiger partial charge in [0.1, 0.15) is 5.75 Å². The van der Waals surface area contributed by atoms with Crippen molar-refractivity contribution in [1.82, 2.24) is 5.32 Å². The van der Waals surface area contributed by atoms with Gasteiger partial charge in [-0.15, -0.1) is 0 Å². The van der Waals surface area contributed by atoms with E-state index in [0.29, 0.717) is 25.8 Å². The van der Waals surface area contributed by atoms with Crippen LogP contribution >= 0.6 is 0 Å². The first-order chi connectivity index (χ1) is 13.4. The Balaban J connectivity index is 1.83. The van der Waals surface area contributed by atoms with Crippen LogP contribution in [-0.2, 0) is 16.0 Å². The summed E-state index contributed by atoms with van der Waals surface area (Å²) in [5, 5.41) is 2.83. The summed E-state index contributed by atoms with van der Waals surface area (Å²) < 4.78 is 5.18. The lowest BCUT2D eigenvalue weighted by molar-refractivity contribution is -0.122. The average Bonchev–Trinajstić information content (AvgIpc) is 2.68. The number of ether oxygens (including phenoxy) is 1. The summed E-state index contributed by atoms with van der Waals surface area (Å²) in [6.07, 6.45) is 1.48. The van der Waals surface area contributed by atoms with Crippen molar-refractivity contribution < 1.29 is 14.3 Å². The molecule has 6 heteroatoms. The number of amides is 2. The number of benzene rings is 2. The van der Waals surface area contributed by atoms with Crippen LogP contribution in [0.1, 0.15) is 25.3 Å². The standard InChI is InChI=1S/C22H29N3O3/c1-15(13-21(24)26)11-12-25-22(27)20(23)14-16-3-5-17(6-4-16)18-7-9-19(28-2)10-8-18/h3-10,15,20H,11-14,23H2,1-2H3,(H2,24,26)(H,25,27)/t15?,20-/m0/s1. The highest BCUT2D eigenvalue weighted by Gasteiger charge is 2.14. The van der Waals surface area contributed by atoms with Gasteiger partial charge >= 0.3 is 0 Å². The molecule has 0 spiro atoms. The molecule has 6 nitrogen and oxygen atoms in total.